The van der Waals surface area contributed by atoms with Crippen LogP contribution in [0.4, 0.5) is 11.4 Å². The van der Waals surface area contributed by atoms with Crippen molar-refractivity contribution >= 4 is 29.2 Å². The van der Waals surface area contributed by atoms with Gasteiger partial charge in [0.25, 0.3) is 0 Å². The number of carbonyl (C=O) groups excluding carboxylic acids is 3. The molecule has 0 radical (unpaired) electrons. The maximum atomic E-state index is 12.6. The quantitative estimate of drug-likeness (QED) is 0.525. The number of nitrogens with one attached hydrogen (secondary N) is 1. The van der Waals surface area contributed by atoms with E-state index in [0.29, 0.717) is 24.4 Å². The van der Waals surface area contributed by atoms with E-state index in [4.69, 9.17) is 4.74 Å². The summed E-state index contributed by atoms with van der Waals surface area (Å²) in [5, 5.41) is 2.84. The normalized spacial score (nSPS) is 15.9. The van der Waals surface area contributed by atoms with E-state index in [-0.39, 0.29) is 24.2 Å². The number of carbonyl (C=O) groups is 3. The van der Waals surface area contributed by atoms with Crippen LogP contribution in [0, 0.1) is 5.92 Å². The smallest absolute Gasteiger partial charge is 0.338 e. The molecule has 3 rings (SSSR count). The van der Waals surface area contributed by atoms with Crippen molar-refractivity contribution in [2.24, 2.45) is 5.92 Å². The van der Waals surface area contributed by atoms with E-state index in [0.717, 1.165) is 24.9 Å². The first-order chi connectivity index (χ1) is 14.5. The molecule has 2 aromatic rings. The molecule has 1 fully saturated rings. The van der Waals surface area contributed by atoms with Crippen molar-refractivity contribution in [1.82, 2.24) is 0 Å². The summed E-state index contributed by atoms with van der Waals surface area (Å²) in [6.45, 7) is 4.88. The molecule has 2 amide bonds. The summed E-state index contributed by atoms with van der Waals surface area (Å²) >= 11 is 0. The molecule has 1 N–H and O–H groups in total. The van der Waals surface area contributed by atoms with Gasteiger partial charge >= 0.3 is 5.97 Å². The number of benzene rings is 2. The predicted octanol–water partition coefficient (Wildman–Crippen LogP) is 4.20. The zero-order chi connectivity index (χ0) is 21.5. The Hall–Kier alpha value is -3.15. The van der Waals surface area contributed by atoms with Gasteiger partial charge < -0.3 is 15.0 Å². The molecule has 0 spiro atoms. The highest BCUT2D eigenvalue weighted by Gasteiger charge is 2.35. The van der Waals surface area contributed by atoms with Crippen LogP contribution in [0.1, 0.15) is 49.0 Å². The molecule has 6 heteroatoms. The summed E-state index contributed by atoms with van der Waals surface area (Å²) in [7, 11) is 0. The molecule has 1 aliphatic rings. The van der Waals surface area contributed by atoms with Crippen LogP contribution in [0.2, 0.25) is 0 Å². The Kier molecular flexibility index (Phi) is 7.22. The average molecular weight is 408 g/mol. The highest BCUT2D eigenvalue weighted by atomic mass is 16.5. The highest BCUT2D eigenvalue weighted by molar-refractivity contribution is 6.03. The fourth-order valence-electron chi connectivity index (χ4n) is 3.37. The first-order valence-electron chi connectivity index (χ1n) is 10.5. The molecule has 2 aromatic carbocycles. The number of aryl methyl sites for hydroxylation is 1. The van der Waals surface area contributed by atoms with E-state index in [1.54, 1.807) is 29.2 Å². The minimum Gasteiger partial charge on any atom is -0.462 e. The van der Waals surface area contributed by atoms with Gasteiger partial charge in [-0.25, -0.2) is 4.79 Å². The Bertz CT molecular complexity index is 890. The number of anilines is 2. The van der Waals surface area contributed by atoms with Crippen LogP contribution in [0.15, 0.2) is 48.5 Å². The molecule has 0 aliphatic carbocycles. The van der Waals surface area contributed by atoms with Gasteiger partial charge in [-0.15, -0.1) is 0 Å². The maximum absolute atomic E-state index is 12.6. The molecule has 0 saturated carbocycles. The third-order valence-corrected chi connectivity index (χ3v) is 5.27. The van der Waals surface area contributed by atoms with Gasteiger partial charge in [-0.2, -0.15) is 0 Å². The number of rotatable bonds is 8. The van der Waals surface area contributed by atoms with Gasteiger partial charge in [-0.1, -0.05) is 32.4 Å². The minimum atomic E-state index is -0.415. The third-order valence-electron chi connectivity index (χ3n) is 5.27. The lowest BCUT2D eigenvalue weighted by Crippen LogP contribution is -2.28. The summed E-state index contributed by atoms with van der Waals surface area (Å²) in [6.07, 6.45) is 2.92. The molecule has 1 saturated heterocycles. The topological polar surface area (TPSA) is 75.7 Å². The zero-order valence-electron chi connectivity index (χ0n) is 17.5. The molecule has 1 heterocycles. The van der Waals surface area contributed by atoms with Crippen molar-refractivity contribution in [1.29, 1.82) is 0 Å². The SMILES string of the molecule is CCCCOC(=O)c1ccc(NC(=O)[C@H]2CC(=O)N(c3ccc(CC)cc3)C2)cc1. The van der Waals surface area contributed by atoms with E-state index < -0.39 is 5.92 Å². The lowest BCUT2D eigenvalue weighted by atomic mass is 10.1. The highest BCUT2D eigenvalue weighted by Crippen LogP contribution is 2.26. The van der Waals surface area contributed by atoms with Gasteiger partial charge in [0.1, 0.15) is 0 Å². The molecular weight excluding hydrogens is 380 g/mol. The largest absolute Gasteiger partial charge is 0.462 e. The van der Waals surface area contributed by atoms with Crippen molar-refractivity contribution in [2.75, 3.05) is 23.4 Å². The van der Waals surface area contributed by atoms with E-state index in [1.165, 1.54) is 5.56 Å². The summed E-state index contributed by atoms with van der Waals surface area (Å²) in [4.78, 5) is 38.7. The van der Waals surface area contributed by atoms with Crippen LogP contribution in [0.25, 0.3) is 0 Å². The summed E-state index contributed by atoms with van der Waals surface area (Å²) < 4.78 is 5.18. The lowest BCUT2D eigenvalue weighted by molar-refractivity contribution is -0.122. The van der Waals surface area contributed by atoms with Crippen molar-refractivity contribution < 1.29 is 19.1 Å². The van der Waals surface area contributed by atoms with Gasteiger partial charge in [0.2, 0.25) is 11.8 Å². The number of amides is 2. The summed E-state index contributed by atoms with van der Waals surface area (Å²) in [5.41, 5.74) is 3.06. The van der Waals surface area contributed by atoms with Crippen LogP contribution in [-0.2, 0) is 20.7 Å². The van der Waals surface area contributed by atoms with Gasteiger partial charge in [-0.3, -0.25) is 9.59 Å². The summed E-state index contributed by atoms with van der Waals surface area (Å²) in [6, 6.07) is 14.5. The number of ether oxygens (including phenoxy) is 1. The second-order valence-corrected chi connectivity index (χ2v) is 7.48. The Morgan fingerprint density at radius 1 is 1.07 bits per heavy atom. The Labute approximate surface area is 177 Å². The molecule has 1 atom stereocenters. The van der Waals surface area contributed by atoms with Crippen molar-refractivity contribution in [3.8, 4) is 0 Å². The van der Waals surface area contributed by atoms with Gasteiger partial charge in [-0.05, 0) is 54.8 Å². The van der Waals surface area contributed by atoms with E-state index >= 15 is 0 Å². The Balaban J connectivity index is 1.56. The van der Waals surface area contributed by atoms with Crippen LogP contribution in [-0.4, -0.2) is 30.9 Å². The van der Waals surface area contributed by atoms with Gasteiger partial charge in [0.15, 0.2) is 0 Å². The predicted molar refractivity (Wildman–Crippen MR) is 117 cm³/mol. The van der Waals surface area contributed by atoms with Crippen LogP contribution >= 0.6 is 0 Å². The van der Waals surface area contributed by atoms with Crippen LogP contribution < -0.4 is 10.2 Å². The number of hydrogen-bond acceptors (Lipinski definition) is 4. The number of hydrogen-bond donors (Lipinski definition) is 1. The standard InChI is InChI=1S/C24H28N2O4/c1-3-5-14-30-24(29)18-8-10-20(11-9-18)25-23(28)19-15-22(27)26(16-19)21-12-6-17(4-2)7-13-21/h6-13,19H,3-5,14-16H2,1-2H3,(H,25,28)/t19-/m0/s1. The molecule has 0 bridgehead atoms. The Morgan fingerprint density at radius 3 is 2.40 bits per heavy atom. The minimum absolute atomic E-state index is 0.0513. The molecule has 6 nitrogen and oxygen atoms in total. The van der Waals surface area contributed by atoms with Crippen LogP contribution in [0.5, 0.6) is 0 Å². The van der Waals surface area contributed by atoms with E-state index in [9.17, 15) is 14.4 Å². The second-order valence-electron chi connectivity index (χ2n) is 7.48. The number of nitrogens with zero attached hydrogens (tertiary/aromatic N) is 1. The van der Waals surface area contributed by atoms with Crippen molar-refractivity contribution in [3.63, 3.8) is 0 Å². The van der Waals surface area contributed by atoms with E-state index in [1.807, 2.05) is 31.2 Å². The second kappa shape index (κ2) is 10.1. The molecule has 158 valence electrons. The molecule has 0 aromatic heterocycles. The van der Waals surface area contributed by atoms with Crippen molar-refractivity contribution in [3.05, 3.63) is 59.7 Å². The fraction of sp³-hybridized carbons (Fsp3) is 0.375. The van der Waals surface area contributed by atoms with Crippen molar-refractivity contribution in [2.45, 2.75) is 39.5 Å². The first kappa shape index (κ1) is 21.6. The fourth-order valence-corrected chi connectivity index (χ4v) is 3.37. The molecule has 30 heavy (non-hydrogen) atoms. The number of esters is 1. The first-order valence-corrected chi connectivity index (χ1v) is 10.5. The van der Waals surface area contributed by atoms with Gasteiger partial charge in [0, 0.05) is 24.3 Å². The van der Waals surface area contributed by atoms with E-state index in [2.05, 4.69) is 12.2 Å². The number of unbranched alkanes of at least 4 members (excludes halogenated alkanes) is 1. The molecule has 0 unspecified atom stereocenters. The molecular formula is C24H28N2O4. The van der Waals surface area contributed by atoms with Gasteiger partial charge in [0.05, 0.1) is 18.1 Å². The average Bonchev–Trinajstić information content (AvgIpc) is 3.16. The monoisotopic (exact) mass is 408 g/mol. The third kappa shape index (κ3) is 5.26. The zero-order valence-corrected chi connectivity index (χ0v) is 17.5. The molecule has 1 aliphatic heterocycles. The Morgan fingerprint density at radius 2 is 1.77 bits per heavy atom. The maximum Gasteiger partial charge on any atom is 0.338 e. The summed E-state index contributed by atoms with van der Waals surface area (Å²) in [5.74, 6) is -1.03. The van der Waals surface area contributed by atoms with Crippen LogP contribution in [0.3, 0.4) is 0 Å². The lowest BCUT2D eigenvalue weighted by Gasteiger charge is -2.17.